The highest BCUT2D eigenvalue weighted by atomic mass is 16.3. The normalized spacial score (nSPS) is 12.2. The van der Waals surface area contributed by atoms with E-state index in [9.17, 15) is 4.79 Å². The first-order chi connectivity index (χ1) is 7.54. The highest BCUT2D eigenvalue weighted by Gasteiger charge is 2.05. The minimum absolute atomic E-state index is 0.0345. The molecule has 0 saturated heterocycles. The summed E-state index contributed by atoms with van der Waals surface area (Å²) in [5.41, 5.74) is 7.64. The van der Waals surface area contributed by atoms with Crippen molar-refractivity contribution < 1.29 is 9.90 Å². The van der Waals surface area contributed by atoms with Crippen molar-refractivity contribution in [1.82, 2.24) is 0 Å². The second-order valence-corrected chi connectivity index (χ2v) is 4.03. The molecule has 0 aliphatic rings. The second kappa shape index (κ2) is 5.51. The van der Waals surface area contributed by atoms with Gasteiger partial charge in [0.25, 0.3) is 0 Å². The molecule has 0 amide bonds. The summed E-state index contributed by atoms with van der Waals surface area (Å²) in [6.45, 7) is 4.26. The van der Waals surface area contributed by atoms with Gasteiger partial charge in [0.1, 0.15) is 0 Å². The maximum absolute atomic E-state index is 11.2. The Morgan fingerprint density at radius 3 is 2.75 bits per heavy atom. The van der Waals surface area contributed by atoms with Crippen LogP contribution in [0, 0.1) is 5.92 Å². The molecule has 0 aliphatic carbocycles. The lowest BCUT2D eigenvalue weighted by Gasteiger charge is -2.12. The van der Waals surface area contributed by atoms with Gasteiger partial charge in [-0.2, -0.15) is 0 Å². The number of aliphatic hydroxyl groups is 1. The number of carbonyl (C=O) groups is 1. The third-order valence-electron chi connectivity index (χ3n) is 2.40. The van der Waals surface area contributed by atoms with Gasteiger partial charge in [-0.05, 0) is 31.0 Å². The van der Waals surface area contributed by atoms with Crippen LogP contribution in [-0.4, -0.2) is 24.0 Å². The molecule has 0 heterocycles. The predicted octanol–water partition coefficient (Wildman–Crippen LogP) is 1.51. The van der Waals surface area contributed by atoms with E-state index in [1.165, 1.54) is 6.92 Å². The average Bonchev–Trinajstić information content (AvgIpc) is 2.25. The quantitative estimate of drug-likeness (QED) is 0.521. The number of aliphatic hydroxyl groups excluding tert-OH is 1. The lowest BCUT2D eigenvalue weighted by Crippen LogP contribution is -2.14. The molecule has 1 unspecified atom stereocenters. The molecule has 1 rings (SSSR count). The molecule has 4 nitrogen and oxygen atoms in total. The van der Waals surface area contributed by atoms with E-state index in [0.29, 0.717) is 17.8 Å². The van der Waals surface area contributed by atoms with Gasteiger partial charge in [-0.25, -0.2) is 0 Å². The van der Waals surface area contributed by atoms with Crippen molar-refractivity contribution in [1.29, 1.82) is 0 Å². The zero-order valence-electron chi connectivity index (χ0n) is 9.66. The molecular weight excluding hydrogens is 204 g/mol. The highest BCUT2D eigenvalue weighted by molar-refractivity contribution is 5.99. The van der Waals surface area contributed by atoms with Crippen LogP contribution >= 0.6 is 0 Å². The Bertz CT molecular complexity index is 377. The number of rotatable bonds is 5. The van der Waals surface area contributed by atoms with Crippen LogP contribution in [0.15, 0.2) is 18.2 Å². The molecule has 0 bridgehead atoms. The Balaban J connectivity index is 2.70. The first-order valence-electron chi connectivity index (χ1n) is 5.29. The lowest BCUT2D eigenvalue weighted by atomic mass is 10.1. The third-order valence-corrected chi connectivity index (χ3v) is 2.40. The van der Waals surface area contributed by atoms with E-state index in [4.69, 9.17) is 10.8 Å². The number of carbonyl (C=O) groups excluding carboxylic acids is 1. The van der Waals surface area contributed by atoms with Gasteiger partial charge in [-0.15, -0.1) is 0 Å². The van der Waals surface area contributed by atoms with Crippen LogP contribution in [0.25, 0.3) is 0 Å². The standard InChI is InChI=1S/C12H18N2O2/c1-8(7-15)6-14-10-3-4-11(9(2)16)12(13)5-10/h3-5,8,14-15H,6-7,13H2,1-2H3. The van der Waals surface area contributed by atoms with Crippen LogP contribution in [-0.2, 0) is 0 Å². The minimum Gasteiger partial charge on any atom is -0.398 e. The first kappa shape index (κ1) is 12.5. The van der Waals surface area contributed by atoms with Gasteiger partial charge in [0.15, 0.2) is 5.78 Å². The van der Waals surface area contributed by atoms with Crippen LogP contribution < -0.4 is 11.1 Å². The molecule has 1 aromatic carbocycles. The summed E-state index contributed by atoms with van der Waals surface area (Å²) in [5.74, 6) is 0.154. The van der Waals surface area contributed by atoms with Gasteiger partial charge < -0.3 is 16.2 Å². The largest absolute Gasteiger partial charge is 0.398 e. The Hall–Kier alpha value is -1.55. The van der Waals surface area contributed by atoms with Crippen LogP contribution in [0.2, 0.25) is 0 Å². The van der Waals surface area contributed by atoms with Crippen LogP contribution in [0.4, 0.5) is 11.4 Å². The molecule has 0 fully saturated rings. The first-order valence-corrected chi connectivity index (χ1v) is 5.29. The molecule has 1 atom stereocenters. The maximum atomic E-state index is 11.2. The van der Waals surface area contributed by atoms with Crippen LogP contribution in [0.3, 0.4) is 0 Å². The van der Waals surface area contributed by atoms with Crippen molar-refractivity contribution in [3.8, 4) is 0 Å². The van der Waals surface area contributed by atoms with E-state index in [1.807, 2.05) is 13.0 Å². The summed E-state index contributed by atoms with van der Waals surface area (Å²) >= 11 is 0. The van der Waals surface area contributed by atoms with E-state index in [2.05, 4.69) is 5.32 Å². The van der Waals surface area contributed by atoms with Crippen LogP contribution in [0.1, 0.15) is 24.2 Å². The smallest absolute Gasteiger partial charge is 0.161 e. The number of benzene rings is 1. The predicted molar refractivity (Wildman–Crippen MR) is 65.6 cm³/mol. The molecule has 4 N–H and O–H groups in total. The van der Waals surface area contributed by atoms with Gasteiger partial charge in [0.05, 0.1) is 0 Å². The minimum atomic E-state index is -0.0345. The van der Waals surface area contributed by atoms with Gasteiger partial charge in [0, 0.05) is 30.1 Å². The molecule has 1 aromatic rings. The summed E-state index contributed by atoms with van der Waals surface area (Å²) in [6.07, 6.45) is 0. The van der Waals surface area contributed by atoms with Gasteiger partial charge in [0.2, 0.25) is 0 Å². The third kappa shape index (κ3) is 3.24. The van der Waals surface area contributed by atoms with Crippen molar-refractivity contribution in [3.05, 3.63) is 23.8 Å². The van der Waals surface area contributed by atoms with Crippen LogP contribution in [0.5, 0.6) is 0 Å². The number of nitrogens with one attached hydrogen (secondary N) is 1. The average molecular weight is 222 g/mol. The molecule has 16 heavy (non-hydrogen) atoms. The van der Waals surface area contributed by atoms with E-state index < -0.39 is 0 Å². The number of ketones is 1. The number of nitrogens with two attached hydrogens (primary N) is 1. The summed E-state index contributed by atoms with van der Waals surface area (Å²) in [5, 5.41) is 12.0. The number of hydrogen-bond acceptors (Lipinski definition) is 4. The molecule has 0 aromatic heterocycles. The zero-order chi connectivity index (χ0) is 12.1. The van der Waals surface area contributed by atoms with Gasteiger partial charge in [-0.1, -0.05) is 6.92 Å². The summed E-state index contributed by atoms with van der Waals surface area (Å²) < 4.78 is 0. The van der Waals surface area contributed by atoms with Crippen molar-refractivity contribution >= 4 is 17.2 Å². The van der Waals surface area contributed by atoms with E-state index in [0.717, 1.165) is 5.69 Å². The zero-order valence-corrected chi connectivity index (χ0v) is 9.66. The van der Waals surface area contributed by atoms with Crippen molar-refractivity contribution in [3.63, 3.8) is 0 Å². The SMILES string of the molecule is CC(=O)c1ccc(NCC(C)CO)cc1N. The van der Waals surface area contributed by atoms with E-state index >= 15 is 0 Å². The molecule has 4 heteroatoms. The molecular formula is C12H18N2O2. The molecule has 88 valence electrons. The molecule has 0 aliphatic heterocycles. The Kier molecular flexibility index (Phi) is 4.31. The molecule has 0 radical (unpaired) electrons. The van der Waals surface area contributed by atoms with Crippen molar-refractivity contribution in [2.75, 3.05) is 24.2 Å². The Labute approximate surface area is 95.5 Å². The monoisotopic (exact) mass is 222 g/mol. The topological polar surface area (TPSA) is 75.3 Å². The molecule has 0 spiro atoms. The second-order valence-electron chi connectivity index (χ2n) is 4.03. The Morgan fingerprint density at radius 2 is 2.25 bits per heavy atom. The van der Waals surface area contributed by atoms with Gasteiger partial charge in [-0.3, -0.25) is 4.79 Å². The summed E-state index contributed by atoms with van der Waals surface area (Å²) in [7, 11) is 0. The maximum Gasteiger partial charge on any atom is 0.161 e. The number of nitrogen functional groups attached to an aromatic ring is 1. The fourth-order valence-corrected chi connectivity index (χ4v) is 1.35. The number of Topliss-reactive ketones (excluding diaryl/α,β-unsaturated/α-hetero) is 1. The fourth-order valence-electron chi connectivity index (χ4n) is 1.35. The van der Waals surface area contributed by atoms with E-state index in [-0.39, 0.29) is 18.3 Å². The highest BCUT2D eigenvalue weighted by Crippen LogP contribution is 2.18. The van der Waals surface area contributed by atoms with Crippen molar-refractivity contribution in [2.24, 2.45) is 5.92 Å². The molecule has 0 saturated carbocycles. The summed E-state index contributed by atoms with van der Waals surface area (Å²) in [6, 6.07) is 5.27. The summed E-state index contributed by atoms with van der Waals surface area (Å²) in [4.78, 5) is 11.2. The van der Waals surface area contributed by atoms with Crippen molar-refractivity contribution in [2.45, 2.75) is 13.8 Å². The van der Waals surface area contributed by atoms with E-state index in [1.54, 1.807) is 12.1 Å². The number of hydrogen-bond donors (Lipinski definition) is 3. The Morgan fingerprint density at radius 1 is 1.56 bits per heavy atom. The van der Waals surface area contributed by atoms with Gasteiger partial charge >= 0.3 is 0 Å². The lowest BCUT2D eigenvalue weighted by molar-refractivity contribution is 0.101. The fraction of sp³-hybridized carbons (Fsp3) is 0.417. The number of anilines is 2.